The molecule has 0 aliphatic carbocycles. The first-order valence-corrected chi connectivity index (χ1v) is 8.17. The van der Waals surface area contributed by atoms with Gasteiger partial charge in [0.15, 0.2) is 17.5 Å². The van der Waals surface area contributed by atoms with Crippen LogP contribution < -0.4 is 0 Å². The van der Waals surface area contributed by atoms with E-state index in [1.807, 2.05) is 0 Å². The second-order valence-electron chi connectivity index (χ2n) is 6.23. The van der Waals surface area contributed by atoms with E-state index in [9.17, 15) is 28.5 Å². The topological polar surface area (TPSA) is 101 Å². The van der Waals surface area contributed by atoms with Crippen LogP contribution in [0.3, 0.4) is 0 Å². The fourth-order valence-corrected chi connectivity index (χ4v) is 3.11. The van der Waals surface area contributed by atoms with Gasteiger partial charge in [0.2, 0.25) is 0 Å². The van der Waals surface area contributed by atoms with E-state index < -0.39 is 54.5 Å². The number of benzene rings is 1. The Kier molecular flexibility index (Phi) is 5.61. The zero-order valence-electron chi connectivity index (χ0n) is 14.0. The Morgan fingerprint density at radius 1 is 1.15 bits per heavy atom. The quantitative estimate of drug-likeness (QED) is 0.524. The van der Waals surface area contributed by atoms with Gasteiger partial charge >= 0.3 is 0 Å². The lowest BCUT2D eigenvalue weighted by Crippen LogP contribution is -2.55. The molecule has 5 atom stereocenters. The van der Waals surface area contributed by atoms with Crippen LogP contribution in [0.5, 0.6) is 0 Å². The van der Waals surface area contributed by atoms with Gasteiger partial charge in [0.25, 0.3) is 0 Å². The minimum atomic E-state index is -1.60. The molecule has 1 aromatic heterocycles. The average molecular weight is 385 g/mol. The fraction of sp³-hybridized carbons (Fsp3) is 0.412. The van der Waals surface area contributed by atoms with Crippen molar-refractivity contribution < 1.29 is 33.2 Å². The Morgan fingerprint density at radius 2 is 1.78 bits per heavy atom. The lowest BCUT2D eigenvalue weighted by molar-refractivity contribution is -0.204. The summed E-state index contributed by atoms with van der Waals surface area (Å²) in [5.41, 5.74) is -0.0467. The second kappa shape index (κ2) is 7.77. The predicted molar refractivity (Wildman–Crippen MR) is 86.9 cm³/mol. The molecule has 27 heavy (non-hydrogen) atoms. The van der Waals surface area contributed by atoms with Gasteiger partial charge in [0.05, 0.1) is 18.9 Å². The molecule has 0 unspecified atom stereocenters. The summed E-state index contributed by atoms with van der Waals surface area (Å²) in [5, 5.41) is 37.9. The van der Waals surface area contributed by atoms with Crippen LogP contribution in [0, 0.1) is 17.5 Å². The zero-order chi connectivity index (χ0) is 19.7. The number of aliphatic hydroxyl groups excluding tert-OH is 3. The van der Waals surface area contributed by atoms with Crippen molar-refractivity contribution in [2.45, 2.75) is 36.9 Å². The first-order chi connectivity index (χ1) is 12.9. The van der Waals surface area contributed by atoms with Gasteiger partial charge in [0, 0.05) is 5.56 Å². The number of aromatic nitrogens is 3. The van der Waals surface area contributed by atoms with Crippen molar-refractivity contribution in [3.05, 3.63) is 48.4 Å². The number of rotatable bonds is 5. The van der Waals surface area contributed by atoms with E-state index in [-0.39, 0.29) is 17.7 Å². The third-order valence-corrected chi connectivity index (χ3v) is 4.49. The van der Waals surface area contributed by atoms with Gasteiger partial charge in [-0.2, -0.15) is 0 Å². The monoisotopic (exact) mass is 385 g/mol. The molecule has 0 amide bonds. The van der Waals surface area contributed by atoms with Crippen LogP contribution in [0.2, 0.25) is 0 Å². The highest BCUT2D eigenvalue weighted by Crippen LogP contribution is 2.32. The third kappa shape index (κ3) is 3.61. The maximum atomic E-state index is 13.4. The Bertz CT molecular complexity index is 809. The van der Waals surface area contributed by atoms with Crippen LogP contribution in [0.4, 0.5) is 13.2 Å². The van der Waals surface area contributed by atoms with E-state index in [0.717, 1.165) is 16.8 Å². The highest BCUT2D eigenvalue weighted by molar-refractivity contribution is 5.57. The molecule has 10 heteroatoms. The molecule has 3 N–H and O–H groups in total. The van der Waals surface area contributed by atoms with E-state index in [4.69, 9.17) is 4.74 Å². The highest BCUT2D eigenvalue weighted by atomic mass is 19.2. The normalized spacial score (nSPS) is 28.3. The number of nitrogens with zero attached hydrogens (tertiary/aromatic N) is 3. The summed E-state index contributed by atoms with van der Waals surface area (Å²) in [6.07, 6.45) is -1.21. The minimum Gasteiger partial charge on any atom is -0.394 e. The molecule has 2 heterocycles. The summed E-state index contributed by atoms with van der Waals surface area (Å²) in [7, 11) is 0. The highest BCUT2D eigenvalue weighted by Gasteiger charge is 2.45. The van der Waals surface area contributed by atoms with Crippen molar-refractivity contribution in [1.29, 1.82) is 0 Å². The summed E-state index contributed by atoms with van der Waals surface area (Å²) in [6, 6.07) is 0.499. The van der Waals surface area contributed by atoms with Gasteiger partial charge in [-0.15, -0.1) is 11.7 Å². The summed E-state index contributed by atoms with van der Waals surface area (Å²) in [5.74, 6) is -4.35. The number of aliphatic hydroxyl groups is 3. The molecule has 1 fully saturated rings. The molecular formula is C17H18F3N3O4. The molecule has 1 aliphatic rings. The van der Waals surface area contributed by atoms with Crippen molar-refractivity contribution in [3.63, 3.8) is 0 Å². The molecular weight excluding hydrogens is 367 g/mol. The van der Waals surface area contributed by atoms with Crippen LogP contribution in [-0.4, -0.2) is 61.3 Å². The number of hydrogen-bond donors (Lipinski definition) is 3. The Morgan fingerprint density at radius 3 is 2.37 bits per heavy atom. The smallest absolute Gasteiger partial charge is 0.194 e. The number of hydrogen-bond acceptors (Lipinski definition) is 6. The molecule has 3 rings (SSSR count). The van der Waals surface area contributed by atoms with Crippen molar-refractivity contribution in [1.82, 2.24) is 15.0 Å². The summed E-state index contributed by atoms with van der Waals surface area (Å²) >= 11 is 0. The maximum Gasteiger partial charge on any atom is 0.194 e. The van der Waals surface area contributed by atoms with E-state index in [1.165, 1.54) is 12.3 Å². The van der Waals surface area contributed by atoms with Crippen molar-refractivity contribution in [2.24, 2.45) is 0 Å². The van der Waals surface area contributed by atoms with Crippen molar-refractivity contribution >= 4 is 0 Å². The van der Waals surface area contributed by atoms with Gasteiger partial charge in [-0.05, 0) is 18.6 Å². The Balaban J connectivity index is 1.95. The van der Waals surface area contributed by atoms with Gasteiger partial charge < -0.3 is 20.1 Å². The van der Waals surface area contributed by atoms with E-state index in [1.54, 1.807) is 0 Å². The first-order valence-electron chi connectivity index (χ1n) is 8.17. The zero-order valence-corrected chi connectivity index (χ0v) is 14.0. The molecule has 0 radical (unpaired) electrons. The van der Waals surface area contributed by atoms with E-state index >= 15 is 0 Å². The molecule has 0 bridgehead atoms. The summed E-state index contributed by atoms with van der Waals surface area (Å²) in [4.78, 5) is 0. The van der Waals surface area contributed by atoms with Gasteiger partial charge in [-0.3, -0.25) is 0 Å². The van der Waals surface area contributed by atoms with Crippen molar-refractivity contribution in [3.8, 4) is 11.3 Å². The van der Waals surface area contributed by atoms with Gasteiger partial charge in [0.1, 0.15) is 30.0 Å². The standard InChI is InChI=1S/C17H18F3N3O4/c1-2-3-12-16(25)15(17(26)13(7-24)27-12)23-6-11(21-22-23)8-4-9(18)14(20)10(19)5-8/h2,4-6,12-13,15-17,24-26H,1,3,7H2/t12-,13-,15-,16+,17+/m1/s1. The molecule has 146 valence electrons. The SMILES string of the molecule is C=CC[C@H]1O[C@H](CO)[C@H](O)[C@H](n2cc(-c3cc(F)c(F)c(F)c3)nn2)[C@H]1O. The van der Waals surface area contributed by atoms with Crippen LogP contribution in [0.1, 0.15) is 12.5 Å². The molecule has 2 aromatic rings. The third-order valence-electron chi connectivity index (χ3n) is 4.49. The minimum absolute atomic E-state index is 0.0134. The van der Waals surface area contributed by atoms with E-state index in [2.05, 4.69) is 16.9 Å². The van der Waals surface area contributed by atoms with Crippen LogP contribution in [0.25, 0.3) is 11.3 Å². The van der Waals surface area contributed by atoms with Crippen LogP contribution >= 0.6 is 0 Å². The van der Waals surface area contributed by atoms with E-state index in [0.29, 0.717) is 0 Å². The van der Waals surface area contributed by atoms with Crippen LogP contribution in [-0.2, 0) is 4.74 Å². The second-order valence-corrected chi connectivity index (χ2v) is 6.23. The van der Waals surface area contributed by atoms with Crippen molar-refractivity contribution in [2.75, 3.05) is 6.61 Å². The largest absolute Gasteiger partial charge is 0.394 e. The van der Waals surface area contributed by atoms with Gasteiger partial charge in [-0.1, -0.05) is 11.3 Å². The molecule has 0 saturated carbocycles. The molecule has 1 saturated heterocycles. The number of halogens is 3. The summed E-state index contributed by atoms with van der Waals surface area (Å²) in [6.45, 7) is 3.08. The predicted octanol–water partition coefficient (Wildman–Crippen LogP) is 0.961. The van der Waals surface area contributed by atoms with Crippen LogP contribution in [0.15, 0.2) is 31.0 Å². The average Bonchev–Trinajstić information content (AvgIpc) is 3.11. The lowest BCUT2D eigenvalue weighted by atomic mass is 9.91. The Hall–Kier alpha value is -2.27. The van der Waals surface area contributed by atoms with Gasteiger partial charge in [-0.25, -0.2) is 17.9 Å². The molecule has 1 aliphatic heterocycles. The number of ether oxygens (including phenoxy) is 1. The first kappa shape index (κ1) is 19.5. The Labute approximate surface area is 152 Å². The lowest BCUT2D eigenvalue weighted by Gasteiger charge is -2.42. The molecule has 0 spiro atoms. The molecule has 1 aromatic carbocycles. The molecule has 7 nitrogen and oxygen atoms in total. The fourth-order valence-electron chi connectivity index (χ4n) is 3.11. The maximum absolute atomic E-state index is 13.4. The summed E-state index contributed by atoms with van der Waals surface area (Å²) < 4.78 is 46.6.